The smallest absolute Gasteiger partial charge is 0.255 e. The van der Waals surface area contributed by atoms with Crippen LogP contribution in [0.2, 0.25) is 0 Å². The summed E-state index contributed by atoms with van der Waals surface area (Å²) in [6.07, 6.45) is 3.38. The first-order valence-electron chi connectivity index (χ1n) is 5.04. The van der Waals surface area contributed by atoms with Crippen LogP contribution in [0, 0.1) is 6.92 Å². The highest BCUT2D eigenvalue weighted by molar-refractivity contribution is 5.97. The van der Waals surface area contributed by atoms with Gasteiger partial charge in [0.1, 0.15) is 0 Å². The quantitative estimate of drug-likeness (QED) is 0.602. The van der Waals surface area contributed by atoms with Crippen LogP contribution in [-0.4, -0.2) is 5.91 Å². The first-order valence-corrected chi connectivity index (χ1v) is 5.04. The third-order valence-corrected chi connectivity index (χ3v) is 2.30. The number of nitrogens with two attached hydrogens (primary N) is 1. The number of amides is 1. The van der Waals surface area contributed by atoms with Crippen LogP contribution in [0.25, 0.3) is 0 Å². The monoisotopic (exact) mass is 216 g/mol. The molecule has 0 bridgehead atoms. The van der Waals surface area contributed by atoms with Crippen molar-refractivity contribution in [1.29, 1.82) is 0 Å². The van der Waals surface area contributed by atoms with Gasteiger partial charge in [-0.05, 0) is 37.6 Å². The Morgan fingerprint density at radius 1 is 1.50 bits per heavy atom. The van der Waals surface area contributed by atoms with Gasteiger partial charge in [0.25, 0.3) is 5.91 Å². The van der Waals surface area contributed by atoms with Crippen LogP contribution in [-0.2, 0) is 0 Å². The van der Waals surface area contributed by atoms with Gasteiger partial charge in [-0.15, -0.1) is 0 Å². The second kappa shape index (κ2) is 5.16. The maximum Gasteiger partial charge on any atom is 0.255 e. The minimum absolute atomic E-state index is 0.169. The number of nitrogen functional groups attached to an aromatic ring is 1. The Morgan fingerprint density at radius 3 is 2.75 bits per heavy atom. The molecule has 3 nitrogen and oxygen atoms in total. The highest BCUT2D eigenvalue weighted by Crippen LogP contribution is 2.12. The summed E-state index contributed by atoms with van der Waals surface area (Å²) in [5, 5.41) is 2.75. The second-order valence-corrected chi connectivity index (χ2v) is 3.48. The lowest BCUT2D eigenvalue weighted by Gasteiger charge is -2.08. The molecular formula is C13H16N2O. The summed E-state index contributed by atoms with van der Waals surface area (Å²) in [6.45, 7) is 7.32. The normalized spacial score (nSPS) is 11.0. The topological polar surface area (TPSA) is 55.1 Å². The predicted octanol–water partition coefficient (Wildman–Crippen LogP) is 2.40. The molecule has 16 heavy (non-hydrogen) atoms. The molecule has 1 amide bonds. The van der Waals surface area contributed by atoms with E-state index in [1.165, 1.54) is 0 Å². The maximum absolute atomic E-state index is 11.9. The standard InChI is InChI=1S/C13H16N2O/c1-4-11(5-2)15-13(16)12-8-10(14)7-6-9(12)3/h4-8H,1,14H2,2-3H3,(H,15,16)/b11-5+. The van der Waals surface area contributed by atoms with Crippen molar-refractivity contribution < 1.29 is 4.79 Å². The number of carbonyl (C=O) groups is 1. The van der Waals surface area contributed by atoms with Crippen molar-refractivity contribution in [3.8, 4) is 0 Å². The minimum atomic E-state index is -0.169. The van der Waals surface area contributed by atoms with Gasteiger partial charge >= 0.3 is 0 Å². The number of carbonyl (C=O) groups excluding carboxylic acids is 1. The van der Waals surface area contributed by atoms with Crippen LogP contribution in [0.5, 0.6) is 0 Å². The zero-order chi connectivity index (χ0) is 12.1. The summed E-state index contributed by atoms with van der Waals surface area (Å²) < 4.78 is 0. The lowest BCUT2D eigenvalue weighted by atomic mass is 10.1. The molecule has 0 aliphatic rings. The van der Waals surface area contributed by atoms with Crippen molar-refractivity contribution in [2.75, 3.05) is 5.73 Å². The average Bonchev–Trinajstić information content (AvgIpc) is 2.28. The molecule has 1 aromatic carbocycles. The van der Waals surface area contributed by atoms with Crippen molar-refractivity contribution in [3.05, 3.63) is 53.8 Å². The summed E-state index contributed by atoms with van der Waals surface area (Å²) in [4.78, 5) is 11.9. The van der Waals surface area contributed by atoms with Gasteiger partial charge in [0.2, 0.25) is 0 Å². The molecule has 3 heteroatoms. The molecule has 1 aromatic rings. The Labute approximate surface area is 95.7 Å². The van der Waals surface area contributed by atoms with Gasteiger partial charge in [0.15, 0.2) is 0 Å². The predicted molar refractivity (Wildman–Crippen MR) is 67.0 cm³/mol. The molecule has 84 valence electrons. The van der Waals surface area contributed by atoms with Crippen molar-refractivity contribution in [1.82, 2.24) is 5.32 Å². The maximum atomic E-state index is 11.9. The Kier molecular flexibility index (Phi) is 3.89. The molecule has 0 spiro atoms. The number of hydrogen-bond donors (Lipinski definition) is 2. The fourth-order valence-corrected chi connectivity index (χ4v) is 1.32. The van der Waals surface area contributed by atoms with Gasteiger partial charge in [0, 0.05) is 16.9 Å². The Morgan fingerprint density at radius 2 is 2.19 bits per heavy atom. The second-order valence-electron chi connectivity index (χ2n) is 3.48. The molecule has 0 saturated carbocycles. The molecule has 0 aromatic heterocycles. The van der Waals surface area contributed by atoms with Crippen LogP contribution < -0.4 is 11.1 Å². The zero-order valence-corrected chi connectivity index (χ0v) is 9.58. The van der Waals surface area contributed by atoms with Crippen molar-refractivity contribution >= 4 is 11.6 Å². The van der Waals surface area contributed by atoms with Crippen LogP contribution in [0.1, 0.15) is 22.8 Å². The van der Waals surface area contributed by atoms with Gasteiger partial charge in [-0.1, -0.05) is 18.7 Å². The molecule has 0 aliphatic carbocycles. The van der Waals surface area contributed by atoms with Crippen LogP contribution in [0.4, 0.5) is 5.69 Å². The number of benzene rings is 1. The molecule has 1 rings (SSSR count). The van der Waals surface area contributed by atoms with Crippen LogP contribution in [0.15, 0.2) is 42.6 Å². The van der Waals surface area contributed by atoms with Crippen LogP contribution >= 0.6 is 0 Å². The van der Waals surface area contributed by atoms with E-state index in [1.807, 2.05) is 19.9 Å². The van der Waals surface area contributed by atoms with E-state index in [0.717, 1.165) is 5.56 Å². The van der Waals surface area contributed by atoms with E-state index in [0.29, 0.717) is 16.9 Å². The molecule has 0 unspecified atom stereocenters. The summed E-state index contributed by atoms with van der Waals surface area (Å²) in [6, 6.07) is 5.27. The number of anilines is 1. The van der Waals surface area contributed by atoms with E-state index in [9.17, 15) is 4.79 Å². The van der Waals surface area contributed by atoms with E-state index >= 15 is 0 Å². The van der Waals surface area contributed by atoms with Gasteiger partial charge in [-0.2, -0.15) is 0 Å². The lowest BCUT2D eigenvalue weighted by molar-refractivity contribution is 0.0966. The van der Waals surface area contributed by atoms with Crippen LogP contribution in [0.3, 0.4) is 0 Å². The number of allylic oxidation sites excluding steroid dienone is 2. The largest absolute Gasteiger partial charge is 0.399 e. The molecule has 0 aliphatic heterocycles. The molecule has 3 N–H and O–H groups in total. The Balaban J connectivity index is 2.96. The SMILES string of the molecule is C=C/C(=C\C)NC(=O)c1cc(N)ccc1C. The summed E-state index contributed by atoms with van der Waals surface area (Å²) in [5.74, 6) is -0.169. The van der Waals surface area contributed by atoms with Crippen molar-refractivity contribution in [2.45, 2.75) is 13.8 Å². The fourth-order valence-electron chi connectivity index (χ4n) is 1.32. The van der Waals surface area contributed by atoms with Gasteiger partial charge < -0.3 is 11.1 Å². The molecular weight excluding hydrogens is 200 g/mol. The van der Waals surface area contributed by atoms with Gasteiger partial charge in [-0.3, -0.25) is 4.79 Å². The van der Waals surface area contributed by atoms with E-state index in [2.05, 4.69) is 11.9 Å². The summed E-state index contributed by atoms with van der Waals surface area (Å²) in [7, 11) is 0. The van der Waals surface area contributed by atoms with E-state index in [-0.39, 0.29) is 5.91 Å². The number of rotatable bonds is 3. The van der Waals surface area contributed by atoms with Gasteiger partial charge in [0.05, 0.1) is 0 Å². The number of hydrogen-bond acceptors (Lipinski definition) is 2. The third kappa shape index (κ3) is 2.73. The van der Waals surface area contributed by atoms with Gasteiger partial charge in [-0.25, -0.2) is 0 Å². The first-order chi connectivity index (χ1) is 7.58. The molecule has 0 radical (unpaired) electrons. The highest BCUT2D eigenvalue weighted by atomic mass is 16.1. The third-order valence-electron chi connectivity index (χ3n) is 2.30. The average molecular weight is 216 g/mol. The van der Waals surface area contributed by atoms with Crippen molar-refractivity contribution in [3.63, 3.8) is 0 Å². The molecule has 0 fully saturated rings. The lowest BCUT2D eigenvalue weighted by Crippen LogP contribution is -2.22. The zero-order valence-electron chi connectivity index (χ0n) is 9.58. The first kappa shape index (κ1) is 12.0. The molecule has 0 atom stereocenters. The minimum Gasteiger partial charge on any atom is -0.399 e. The van der Waals surface area contributed by atoms with E-state index in [4.69, 9.17) is 5.73 Å². The Hall–Kier alpha value is -2.03. The fraction of sp³-hybridized carbons (Fsp3) is 0.154. The van der Waals surface area contributed by atoms with E-state index < -0.39 is 0 Å². The van der Waals surface area contributed by atoms with Crippen molar-refractivity contribution in [2.24, 2.45) is 0 Å². The van der Waals surface area contributed by atoms with E-state index in [1.54, 1.807) is 24.3 Å². The molecule has 0 heterocycles. The molecule has 0 saturated heterocycles. The number of aryl methyl sites for hydroxylation is 1. The summed E-state index contributed by atoms with van der Waals surface area (Å²) >= 11 is 0. The highest BCUT2D eigenvalue weighted by Gasteiger charge is 2.09. The Bertz CT molecular complexity index is 447. The summed E-state index contributed by atoms with van der Waals surface area (Å²) in [5.41, 5.74) is 8.39. The number of nitrogens with one attached hydrogen (secondary N) is 1.